The minimum Gasteiger partial charge on any atom is -0.494 e. The molecule has 3 heteroatoms. The van der Waals surface area contributed by atoms with Gasteiger partial charge in [0.1, 0.15) is 11.4 Å². The maximum absolute atomic E-state index is 5.69. The van der Waals surface area contributed by atoms with Gasteiger partial charge in [-0.3, -0.25) is 0 Å². The number of aromatic nitrogens is 2. The van der Waals surface area contributed by atoms with E-state index in [2.05, 4.69) is 47.6 Å². The molecule has 2 heterocycles. The first kappa shape index (κ1) is 13.7. The zero-order valence-corrected chi connectivity index (χ0v) is 12.5. The SMILES string of the molecule is CCCCOc1ccc(-c2cn3c(C)cccc3n2)cc1. The summed E-state index contributed by atoms with van der Waals surface area (Å²) in [6.45, 7) is 5.03. The lowest BCUT2D eigenvalue weighted by atomic mass is 10.1. The summed E-state index contributed by atoms with van der Waals surface area (Å²) in [5.41, 5.74) is 4.27. The molecular weight excluding hydrogens is 260 g/mol. The molecule has 21 heavy (non-hydrogen) atoms. The molecule has 0 aliphatic carbocycles. The standard InChI is InChI=1S/C18H20N2O/c1-3-4-12-21-16-10-8-15(9-11-16)17-13-20-14(2)6-5-7-18(20)19-17/h5-11,13H,3-4,12H2,1-2H3. The zero-order valence-electron chi connectivity index (χ0n) is 12.5. The van der Waals surface area contributed by atoms with Gasteiger partial charge in [0.2, 0.25) is 0 Å². The van der Waals surface area contributed by atoms with Gasteiger partial charge in [-0.1, -0.05) is 19.4 Å². The molecule has 0 aliphatic rings. The molecule has 3 nitrogen and oxygen atoms in total. The highest BCUT2D eigenvalue weighted by Gasteiger charge is 2.05. The molecule has 0 atom stereocenters. The lowest BCUT2D eigenvalue weighted by Crippen LogP contribution is -1.95. The van der Waals surface area contributed by atoms with Crippen molar-refractivity contribution in [2.24, 2.45) is 0 Å². The van der Waals surface area contributed by atoms with Crippen LogP contribution < -0.4 is 4.74 Å². The molecule has 3 rings (SSSR count). The van der Waals surface area contributed by atoms with Crippen LogP contribution in [-0.4, -0.2) is 16.0 Å². The van der Waals surface area contributed by atoms with E-state index in [0.29, 0.717) is 0 Å². The number of nitrogens with zero attached hydrogens (tertiary/aromatic N) is 2. The average Bonchev–Trinajstić information content (AvgIpc) is 2.94. The van der Waals surface area contributed by atoms with E-state index in [4.69, 9.17) is 4.74 Å². The Bertz CT molecular complexity index is 729. The molecule has 0 radical (unpaired) electrons. The second-order valence-corrected chi connectivity index (χ2v) is 5.25. The quantitative estimate of drug-likeness (QED) is 0.644. The van der Waals surface area contributed by atoms with E-state index in [-0.39, 0.29) is 0 Å². The maximum atomic E-state index is 5.69. The van der Waals surface area contributed by atoms with Crippen LogP contribution in [-0.2, 0) is 0 Å². The van der Waals surface area contributed by atoms with Gasteiger partial charge in [0.15, 0.2) is 0 Å². The molecule has 0 amide bonds. The molecule has 0 fully saturated rings. The van der Waals surface area contributed by atoms with Crippen LogP contribution in [0, 0.1) is 6.92 Å². The Kier molecular flexibility index (Phi) is 3.91. The number of fused-ring (bicyclic) bond motifs is 1. The number of pyridine rings is 1. The highest BCUT2D eigenvalue weighted by molar-refractivity contribution is 5.63. The molecule has 0 aliphatic heterocycles. The van der Waals surface area contributed by atoms with Gasteiger partial charge < -0.3 is 9.14 Å². The van der Waals surface area contributed by atoms with Crippen molar-refractivity contribution in [3.63, 3.8) is 0 Å². The van der Waals surface area contributed by atoms with Crippen molar-refractivity contribution in [2.45, 2.75) is 26.7 Å². The van der Waals surface area contributed by atoms with Crippen LogP contribution in [0.25, 0.3) is 16.9 Å². The molecule has 0 saturated carbocycles. The number of hydrogen-bond acceptors (Lipinski definition) is 2. The number of imidazole rings is 1. The first-order valence-corrected chi connectivity index (χ1v) is 7.46. The van der Waals surface area contributed by atoms with Gasteiger partial charge in [0, 0.05) is 17.5 Å². The van der Waals surface area contributed by atoms with E-state index in [1.807, 2.05) is 24.3 Å². The molecule has 0 saturated heterocycles. The monoisotopic (exact) mass is 280 g/mol. The van der Waals surface area contributed by atoms with Crippen LogP contribution >= 0.6 is 0 Å². The van der Waals surface area contributed by atoms with Gasteiger partial charge in [-0.05, 0) is 49.7 Å². The summed E-state index contributed by atoms with van der Waals surface area (Å²) in [6, 6.07) is 14.3. The predicted molar refractivity (Wildman–Crippen MR) is 85.8 cm³/mol. The Morgan fingerprint density at radius 3 is 2.62 bits per heavy atom. The van der Waals surface area contributed by atoms with Gasteiger partial charge in [-0.2, -0.15) is 0 Å². The van der Waals surface area contributed by atoms with Crippen LogP contribution in [0.4, 0.5) is 0 Å². The van der Waals surface area contributed by atoms with Crippen LogP contribution in [0.5, 0.6) is 5.75 Å². The normalized spacial score (nSPS) is 11.0. The number of unbranched alkanes of at least 4 members (excludes halogenated alkanes) is 1. The van der Waals surface area contributed by atoms with Gasteiger partial charge >= 0.3 is 0 Å². The molecule has 1 aromatic carbocycles. The lowest BCUT2D eigenvalue weighted by Gasteiger charge is -2.05. The van der Waals surface area contributed by atoms with E-state index >= 15 is 0 Å². The second kappa shape index (κ2) is 6.00. The van der Waals surface area contributed by atoms with Crippen LogP contribution in [0.2, 0.25) is 0 Å². The largest absolute Gasteiger partial charge is 0.494 e. The molecule has 3 aromatic rings. The highest BCUT2D eigenvalue weighted by Crippen LogP contribution is 2.23. The summed E-state index contributed by atoms with van der Waals surface area (Å²) < 4.78 is 7.80. The molecule has 0 unspecified atom stereocenters. The van der Waals surface area contributed by atoms with Crippen molar-refractivity contribution in [3.8, 4) is 17.0 Å². The Hall–Kier alpha value is -2.29. The number of rotatable bonds is 5. The third-order valence-corrected chi connectivity index (χ3v) is 3.61. The zero-order chi connectivity index (χ0) is 14.7. The van der Waals surface area contributed by atoms with Crippen molar-refractivity contribution in [1.82, 2.24) is 9.38 Å². The van der Waals surface area contributed by atoms with E-state index in [9.17, 15) is 0 Å². The van der Waals surface area contributed by atoms with Crippen molar-refractivity contribution < 1.29 is 4.74 Å². The summed E-state index contributed by atoms with van der Waals surface area (Å²) in [4.78, 5) is 4.67. The molecule has 2 aromatic heterocycles. The van der Waals surface area contributed by atoms with Gasteiger partial charge in [-0.25, -0.2) is 4.98 Å². The smallest absolute Gasteiger partial charge is 0.137 e. The summed E-state index contributed by atoms with van der Waals surface area (Å²) in [7, 11) is 0. The molecule has 0 bridgehead atoms. The summed E-state index contributed by atoms with van der Waals surface area (Å²) in [5, 5.41) is 0. The van der Waals surface area contributed by atoms with Gasteiger partial charge in [0.25, 0.3) is 0 Å². The summed E-state index contributed by atoms with van der Waals surface area (Å²) in [5.74, 6) is 0.923. The van der Waals surface area contributed by atoms with Gasteiger partial charge in [-0.15, -0.1) is 0 Å². The third kappa shape index (κ3) is 2.92. The number of benzene rings is 1. The lowest BCUT2D eigenvalue weighted by molar-refractivity contribution is 0.309. The van der Waals surface area contributed by atoms with Crippen LogP contribution in [0.3, 0.4) is 0 Å². The van der Waals surface area contributed by atoms with Crippen LogP contribution in [0.1, 0.15) is 25.5 Å². The fourth-order valence-corrected chi connectivity index (χ4v) is 2.34. The second-order valence-electron chi connectivity index (χ2n) is 5.25. The third-order valence-electron chi connectivity index (χ3n) is 3.61. The van der Waals surface area contributed by atoms with E-state index in [1.54, 1.807) is 0 Å². The molecule has 0 spiro atoms. The minimum absolute atomic E-state index is 0.781. The fourth-order valence-electron chi connectivity index (χ4n) is 2.34. The average molecular weight is 280 g/mol. The van der Waals surface area contributed by atoms with Crippen molar-refractivity contribution in [3.05, 3.63) is 54.4 Å². The predicted octanol–water partition coefficient (Wildman–Crippen LogP) is 4.49. The fraction of sp³-hybridized carbons (Fsp3) is 0.278. The molecular formula is C18H20N2O. The molecule has 108 valence electrons. The van der Waals surface area contributed by atoms with E-state index < -0.39 is 0 Å². The van der Waals surface area contributed by atoms with Crippen molar-refractivity contribution >= 4 is 5.65 Å². The summed E-state index contributed by atoms with van der Waals surface area (Å²) in [6.07, 6.45) is 4.32. The highest BCUT2D eigenvalue weighted by atomic mass is 16.5. The van der Waals surface area contributed by atoms with E-state index in [1.165, 1.54) is 5.69 Å². The first-order valence-electron chi connectivity index (χ1n) is 7.46. The number of aryl methyl sites for hydroxylation is 1. The van der Waals surface area contributed by atoms with Crippen LogP contribution in [0.15, 0.2) is 48.7 Å². The Balaban J connectivity index is 1.83. The Morgan fingerprint density at radius 1 is 1.10 bits per heavy atom. The maximum Gasteiger partial charge on any atom is 0.137 e. The Labute approximate surface area is 125 Å². The number of ether oxygens (including phenoxy) is 1. The van der Waals surface area contributed by atoms with Gasteiger partial charge in [0.05, 0.1) is 12.3 Å². The first-order chi connectivity index (χ1) is 10.3. The number of hydrogen-bond donors (Lipinski definition) is 0. The summed E-state index contributed by atoms with van der Waals surface area (Å²) >= 11 is 0. The minimum atomic E-state index is 0.781. The van der Waals surface area contributed by atoms with E-state index in [0.717, 1.165) is 42.1 Å². The molecule has 0 N–H and O–H groups in total. The van der Waals surface area contributed by atoms with Crippen molar-refractivity contribution in [1.29, 1.82) is 0 Å². The Morgan fingerprint density at radius 2 is 1.90 bits per heavy atom. The van der Waals surface area contributed by atoms with Crippen molar-refractivity contribution in [2.75, 3.05) is 6.61 Å². The topological polar surface area (TPSA) is 26.5 Å².